The molecule has 0 aliphatic carbocycles. The number of carbonyl (C=O) groups is 1. The number of methoxy groups -OCH3 is 2. The first-order chi connectivity index (χ1) is 14.8. The molecule has 5 aliphatic rings. The average Bonchev–Trinajstić information content (AvgIpc) is 3.12. The third-order valence-electron chi connectivity index (χ3n) is 6.81. The Hall–Kier alpha value is 0.0300. The number of hydrogen-bond acceptors (Lipinski definition) is 7. The molecule has 5 rings (SSSR count). The molecular weight excluding hydrogens is 539 g/mol. The van der Waals surface area contributed by atoms with Crippen molar-refractivity contribution in [3.05, 3.63) is 10.2 Å². The van der Waals surface area contributed by atoms with Crippen LogP contribution in [0.2, 0.25) is 0 Å². The second-order valence-corrected chi connectivity index (χ2v) is 11.1. The molecule has 0 aromatic rings. The van der Waals surface area contributed by atoms with Gasteiger partial charge < -0.3 is 28.4 Å². The first-order valence-electron chi connectivity index (χ1n) is 11.1. The number of esters is 1. The summed E-state index contributed by atoms with van der Waals surface area (Å²) in [6.45, 7) is 3.95. The Balaban J connectivity index is 1.49. The van der Waals surface area contributed by atoms with Crippen molar-refractivity contribution in [2.45, 2.75) is 105 Å². The predicted molar refractivity (Wildman–Crippen MR) is 122 cm³/mol. The van der Waals surface area contributed by atoms with E-state index in [1.54, 1.807) is 7.11 Å². The highest BCUT2D eigenvalue weighted by Gasteiger charge is 2.65. The van der Waals surface area contributed by atoms with E-state index in [9.17, 15) is 4.79 Å². The minimum absolute atomic E-state index is 0.0174. The predicted octanol–water partition coefficient (Wildman–Crippen LogP) is 3.88. The monoisotopic (exact) mass is 570 g/mol. The van der Waals surface area contributed by atoms with Crippen LogP contribution in [0.3, 0.4) is 0 Å². The molecule has 5 heterocycles. The maximum atomic E-state index is 11.8. The second kappa shape index (κ2) is 10.1. The molecular formula is C22H32ClIO7. The molecule has 5 saturated heterocycles. The Kier molecular flexibility index (Phi) is 7.88. The zero-order valence-electron chi connectivity index (χ0n) is 18.1. The Morgan fingerprint density at radius 2 is 1.97 bits per heavy atom. The van der Waals surface area contributed by atoms with Crippen molar-refractivity contribution >= 4 is 40.2 Å². The summed E-state index contributed by atoms with van der Waals surface area (Å²) in [5, 5.41) is -0.0174. The minimum atomic E-state index is -0.750. The van der Waals surface area contributed by atoms with Gasteiger partial charge >= 0.3 is 5.97 Å². The van der Waals surface area contributed by atoms with Crippen LogP contribution in [-0.4, -0.2) is 74.1 Å². The summed E-state index contributed by atoms with van der Waals surface area (Å²) in [6.07, 6.45) is 4.39. The third kappa shape index (κ3) is 5.25. The van der Waals surface area contributed by atoms with Gasteiger partial charge in [0.1, 0.15) is 24.4 Å². The maximum absolute atomic E-state index is 11.8. The van der Waals surface area contributed by atoms with E-state index < -0.39 is 5.79 Å². The van der Waals surface area contributed by atoms with Crippen molar-refractivity contribution in [3.63, 3.8) is 0 Å². The van der Waals surface area contributed by atoms with Gasteiger partial charge in [-0.15, -0.1) is 11.6 Å². The fourth-order valence-corrected chi connectivity index (χ4v) is 6.49. The van der Waals surface area contributed by atoms with E-state index in [0.29, 0.717) is 12.8 Å². The molecule has 0 N–H and O–H groups in total. The number of allylic oxidation sites excluding steroid dienone is 1. The van der Waals surface area contributed by atoms with Gasteiger partial charge in [-0.1, -0.05) is 6.58 Å². The number of alkyl halides is 1. The number of fused-ring (bicyclic) bond motifs is 1. The van der Waals surface area contributed by atoms with Crippen molar-refractivity contribution in [1.29, 1.82) is 0 Å². The van der Waals surface area contributed by atoms with Gasteiger partial charge in [-0.2, -0.15) is 0 Å². The molecule has 0 aromatic carbocycles. The molecule has 0 saturated carbocycles. The summed E-state index contributed by atoms with van der Waals surface area (Å²) in [6, 6.07) is 0. The summed E-state index contributed by atoms with van der Waals surface area (Å²) in [5.74, 6) is -1.01. The van der Waals surface area contributed by atoms with Gasteiger partial charge in [-0.05, 0) is 58.3 Å². The molecule has 4 bridgehead atoms. The van der Waals surface area contributed by atoms with E-state index in [0.717, 1.165) is 35.7 Å². The molecule has 9 heteroatoms. The number of ether oxygens (including phenoxy) is 6. The molecule has 0 radical (unpaired) electrons. The van der Waals surface area contributed by atoms with Crippen LogP contribution in [0, 0.1) is 0 Å². The lowest BCUT2D eigenvalue weighted by Crippen LogP contribution is -2.50. The molecule has 176 valence electrons. The van der Waals surface area contributed by atoms with Crippen molar-refractivity contribution in [2.75, 3.05) is 14.2 Å². The highest BCUT2D eigenvalue weighted by atomic mass is 127. The zero-order valence-corrected chi connectivity index (χ0v) is 21.0. The first-order valence-corrected chi connectivity index (χ1v) is 12.6. The van der Waals surface area contributed by atoms with Crippen LogP contribution in [0.5, 0.6) is 0 Å². The molecule has 5 fully saturated rings. The van der Waals surface area contributed by atoms with Gasteiger partial charge in [0.2, 0.25) is 0 Å². The smallest absolute Gasteiger partial charge is 0.308 e. The summed E-state index contributed by atoms with van der Waals surface area (Å²) in [5.41, 5.74) is 0. The van der Waals surface area contributed by atoms with Crippen molar-refractivity contribution in [2.24, 2.45) is 0 Å². The second-order valence-electron chi connectivity index (χ2n) is 8.98. The van der Waals surface area contributed by atoms with E-state index in [-0.39, 0.29) is 60.5 Å². The molecule has 0 aromatic heterocycles. The Labute approximate surface area is 202 Å². The van der Waals surface area contributed by atoms with Crippen LogP contribution in [0.1, 0.15) is 51.4 Å². The third-order valence-corrected chi connectivity index (χ3v) is 7.62. The lowest BCUT2D eigenvalue weighted by molar-refractivity contribution is -0.274. The average molecular weight is 571 g/mol. The topological polar surface area (TPSA) is 72.5 Å². The quantitative estimate of drug-likeness (QED) is 0.237. The number of hydrogen-bond donors (Lipinski definition) is 0. The Morgan fingerprint density at radius 3 is 2.68 bits per heavy atom. The van der Waals surface area contributed by atoms with Crippen LogP contribution in [0.15, 0.2) is 10.2 Å². The number of halogens is 2. The van der Waals surface area contributed by atoms with Crippen molar-refractivity contribution in [3.8, 4) is 0 Å². The highest BCUT2D eigenvalue weighted by molar-refractivity contribution is 14.1. The van der Waals surface area contributed by atoms with Crippen LogP contribution in [0.25, 0.3) is 0 Å². The zero-order chi connectivity index (χ0) is 22.2. The van der Waals surface area contributed by atoms with E-state index in [4.69, 9.17) is 40.0 Å². The van der Waals surface area contributed by atoms with Crippen molar-refractivity contribution < 1.29 is 33.2 Å². The normalized spacial score (nSPS) is 42.4. The summed E-state index contributed by atoms with van der Waals surface area (Å²) < 4.78 is 37.6. The van der Waals surface area contributed by atoms with Crippen LogP contribution >= 0.6 is 34.2 Å². The van der Waals surface area contributed by atoms with E-state index in [2.05, 4.69) is 29.2 Å². The fourth-order valence-electron chi connectivity index (χ4n) is 5.41. The Bertz CT molecular complexity index is 678. The van der Waals surface area contributed by atoms with Gasteiger partial charge in [-0.3, -0.25) is 4.79 Å². The summed E-state index contributed by atoms with van der Waals surface area (Å²) in [4.78, 5) is 11.8. The summed E-state index contributed by atoms with van der Waals surface area (Å²) in [7, 11) is 3.09. The van der Waals surface area contributed by atoms with Crippen LogP contribution in [-0.2, 0) is 33.2 Å². The van der Waals surface area contributed by atoms with E-state index >= 15 is 0 Å². The van der Waals surface area contributed by atoms with Gasteiger partial charge in [-0.25, -0.2) is 0 Å². The van der Waals surface area contributed by atoms with Gasteiger partial charge in [0.25, 0.3) is 0 Å². The molecule has 5 aliphatic heterocycles. The molecule has 0 amide bonds. The largest absolute Gasteiger partial charge is 0.469 e. The molecule has 9 atom stereocenters. The molecule has 7 nitrogen and oxygen atoms in total. The SMILES string of the molecule is C=C(I)CC(Cl)CC[C@]12C[C@H]3OC(C(OC)C3O1)C([C@@H]1CCCC(CC(=O)OC)O1)O2. The highest BCUT2D eigenvalue weighted by Crippen LogP contribution is 2.51. The molecule has 0 spiro atoms. The van der Waals surface area contributed by atoms with E-state index in [1.807, 2.05) is 0 Å². The van der Waals surface area contributed by atoms with Gasteiger partial charge in [0.05, 0.1) is 31.8 Å². The maximum Gasteiger partial charge on any atom is 0.308 e. The molecule has 6 unspecified atom stereocenters. The standard InChI is InChI=1S/C22H32ClIO7/c1-12(24)9-13(23)7-8-22-11-16-19(31-22)20(27-3)21(29-16)18(30-22)15-6-4-5-14(28-15)10-17(25)26-2/h13-16,18-21H,1,4-11H2,2-3H3/t13?,14?,15-,16+,18?,19?,20?,21?,22+/m0/s1. The number of rotatable bonds is 9. The van der Waals surface area contributed by atoms with Crippen LogP contribution in [0.4, 0.5) is 0 Å². The minimum Gasteiger partial charge on any atom is -0.469 e. The lowest BCUT2D eigenvalue weighted by atomic mass is 9.92. The summed E-state index contributed by atoms with van der Waals surface area (Å²) >= 11 is 8.75. The first kappa shape index (κ1) is 24.2. The van der Waals surface area contributed by atoms with Crippen LogP contribution < -0.4 is 0 Å². The fraction of sp³-hybridized carbons (Fsp3) is 0.864. The van der Waals surface area contributed by atoms with E-state index in [1.165, 1.54) is 7.11 Å². The van der Waals surface area contributed by atoms with Gasteiger partial charge in [0.15, 0.2) is 5.79 Å². The molecule has 31 heavy (non-hydrogen) atoms. The number of carbonyl (C=O) groups excluding carboxylic acids is 1. The van der Waals surface area contributed by atoms with Crippen molar-refractivity contribution in [1.82, 2.24) is 0 Å². The van der Waals surface area contributed by atoms with Gasteiger partial charge in [0, 0.05) is 25.3 Å². The Morgan fingerprint density at radius 1 is 1.19 bits per heavy atom. The lowest BCUT2D eigenvalue weighted by Gasteiger charge is -2.39.